The van der Waals surface area contributed by atoms with E-state index in [4.69, 9.17) is 5.73 Å². The van der Waals surface area contributed by atoms with Gasteiger partial charge < -0.3 is 11.1 Å². The quantitative estimate of drug-likeness (QED) is 0.868. The Bertz CT molecular complexity index is 560. The lowest BCUT2D eigenvalue weighted by atomic mass is 10.0. The Morgan fingerprint density at radius 3 is 2.83 bits per heavy atom. The number of hydrogen-bond acceptors (Lipinski definition) is 3. The molecule has 0 aliphatic rings. The lowest BCUT2D eigenvalue weighted by Gasteiger charge is -2.16. The maximum Gasteiger partial charge on any atom is 0.241 e. The average molecular weight is 243 g/mol. The number of nitrogens with zero attached hydrogens (tertiary/aromatic N) is 1. The molecule has 0 saturated heterocycles. The normalized spacial score (nSPS) is 12.7. The summed E-state index contributed by atoms with van der Waals surface area (Å²) in [5.41, 5.74) is 6.60. The summed E-state index contributed by atoms with van der Waals surface area (Å²) in [6, 6.07) is 7.10. The van der Waals surface area contributed by atoms with Gasteiger partial charge in [-0.3, -0.25) is 9.78 Å². The third kappa shape index (κ3) is 2.49. The lowest BCUT2D eigenvalue weighted by molar-refractivity contribution is -0.118. The van der Waals surface area contributed by atoms with E-state index < -0.39 is 6.04 Å². The summed E-state index contributed by atoms with van der Waals surface area (Å²) in [4.78, 5) is 16.0. The number of nitrogens with two attached hydrogens (primary N) is 1. The standard InChI is InChI=1S/C14H17N3O/c1-9(2)13(15)14(18)17-12-5-3-4-10-8-16-7-6-11(10)12/h3-9,13H,15H2,1-2H3,(H,17,18). The van der Waals surface area contributed by atoms with E-state index in [0.717, 1.165) is 16.5 Å². The number of anilines is 1. The van der Waals surface area contributed by atoms with Gasteiger partial charge in [0.1, 0.15) is 0 Å². The highest BCUT2D eigenvalue weighted by Gasteiger charge is 2.17. The molecule has 0 aliphatic heterocycles. The minimum atomic E-state index is -0.498. The second-order valence-corrected chi connectivity index (χ2v) is 4.66. The van der Waals surface area contributed by atoms with Gasteiger partial charge in [-0.2, -0.15) is 0 Å². The number of nitrogens with one attached hydrogen (secondary N) is 1. The van der Waals surface area contributed by atoms with Crippen LogP contribution in [0, 0.1) is 5.92 Å². The number of fused-ring (bicyclic) bond motifs is 1. The molecule has 1 amide bonds. The van der Waals surface area contributed by atoms with Crippen LogP contribution in [0.5, 0.6) is 0 Å². The molecule has 0 saturated carbocycles. The number of carbonyl (C=O) groups is 1. The van der Waals surface area contributed by atoms with Crippen LogP contribution in [0.3, 0.4) is 0 Å². The molecule has 0 aliphatic carbocycles. The summed E-state index contributed by atoms with van der Waals surface area (Å²) in [5, 5.41) is 4.84. The third-order valence-electron chi connectivity index (χ3n) is 2.96. The zero-order valence-corrected chi connectivity index (χ0v) is 10.6. The van der Waals surface area contributed by atoms with Crippen molar-refractivity contribution in [2.45, 2.75) is 19.9 Å². The molecular weight excluding hydrogens is 226 g/mol. The van der Waals surface area contributed by atoms with E-state index in [2.05, 4.69) is 10.3 Å². The zero-order valence-electron chi connectivity index (χ0n) is 10.6. The van der Waals surface area contributed by atoms with Gasteiger partial charge in [0.2, 0.25) is 5.91 Å². The molecule has 1 aromatic heterocycles. The number of rotatable bonds is 3. The van der Waals surface area contributed by atoms with Gasteiger partial charge in [-0.1, -0.05) is 26.0 Å². The topological polar surface area (TPSA) is 68.0 Å². The SMILES string of the molecule is CC(C)C(N)C(=O)Nc1cccc2cnccc12. The number of hydrogen-bond donors (Lipinski definition) is 2. The second-order valence-electron chi connectivity index (χ2n) is 4.66. The first kappa shape index (κ1) is 12.5. The van der Waals surface area contributed by atoms with Crippen molar-refractivity contribution in [3.8, 4) is 0 Å². The maximum absolute atomic E-state index is 11.9. The van der Waals surface area contributed by atoms with Crippen LogP contribution in [-0.4, -0.2) is 16.9 Å². The van der Waals surface area contributed by atoms with Gasteiger partial charge >= 0.3 is 0 Å². The molecule has 1 atom stereocenters. The third-order valence-corrected chi connectivity index (χ3v) is 2.96. The predicted octanol–water partition coefficient (Wildman–Crippen LogP) is 2.16. The minimum absolute atomic E-state index is 0.113. The highest BCUT2D eigenvalue weighted by molar-refractivity contribution is 6.03. The molecule has 3 N–H and O–H groups in total. The Labute approximate surface area is 106 Å². The maximum atomic E-state index is 11.9. The lowest BCUT2D eigenvalue weighted by Crippen LogP contribution is -2.39. The summed E-state index contributed by atoms with van der Waals surface area (Å²) in [6.45, 7) is 3.86. The van der Waals surface area contributed by atoms with Gasteiger partial charge in [-0.25, -0.2) is 0 Å². The van der Waals surface area contributed by atoms with Crippen molar-refractivity contribution in [1.82, 2.24) is 4.98 Å². The van der Waals surface area contributed by atoms with Gasteiger partial charge in [-0.15, -0.1) is 0 Å². The fraction of sp³-hybridized carbons (Fsp3) is 0.286. The molecule has 0 spiro atoms. The minimum Gasteiger partial charge on any atom is -0.324 e. The van der Waals surface area contributed by atoms with Crippen LogP contribution >= 0.6 is 0 Å². The Hall–Kier alpha value is -1.94. The smallest absolute Gasteiger partial charge is 0.241 e. The number of carbonyl (C=O) groups excluding carboxylic acids is 1. The monoisotopic (exact) mass is 243 g/mol. The molecule has 1 heterocycles. The van der Waals surface area contributed by atoms with Crippen LogP contribution in [0.4, 0.5) is 5.69 Å². The Balaban J connectivity index is 2.30. The van der Waals surface area contributed by atoms with Crippen LogP contribution in [0.1, 0.15) is 13.8 Å². The van der Waals surface area contributed by atoms with Crippen LogP contribution in [0.25, 0.3) is 10.8 Å². The summed E-state index contributed by atoms with van der Waals surface area (Å²) in [5.74, 6) is -0.0454. The Morgan fingerprint density at radius 2 is 2.11 bits per heavy atom. The van der Waals surface area contributed by atoms with Crippen molar-refractivity contribution in [2.24, 2.45) is 11.7 Å². The fourth-order valence-electron chi connectivity index (χ4n) is 1.75. The molecule has 94 valence electrons. The van der Waals surface area contributed by atoms with Crippen molar-refractivity contribution < 1.29 is 4.79 Å². The highest BCUT2D eigenvalue weighted by Crippen LogP contribution is 2.22. The number of pyridine rings is 1. The zero-order chi connectivity index (χ0) is 13.1. The summed E-state index contributed by atoms with van der Waals surface area (Å²) in [6.07, 6.45) is 3.48. The van der Waals surface area contributed by atoms with E-state index in [1.807, 2.05) is 38.1 Å². The number of aromatic nitrogens is 1. The largest absolute Gasteiger partial charge is 0.324 e. The fourth-order valence-corrected chi connectivity index (χ4v) is 1.75. The van der Waals surface area contributed by atoms with Crippen molar-refractivity contribution >= 4 is 22.4 Å². The molecule has 4 nitrogen and oxygen atoms in total. The van der Waals surface area contributed by atoms with Crippen molar-refractivity contribution in [3.05, 3.63) is 36.7 Å². The van der Waals surface area contributed by atoms with E-state index in [1.54, 1.807) is 12.4 Å². The molecule has 18 heavy (non-hydrogen) atoms. The predicted molar refractivity (Wildman–Crippen MR) is 73.2 cm³/mol. The van der Waals surface area contributed by atoms with Crippen LogP contribution < -0.4 is 11.1 Å². The Kier molecular flexibility index (Phi) is 3.58. The summed E-state index contributed by atoms with van der Waals surface area (Å²) < 4.78 is 0. The van der Waals surface area contributed by atoms with Gasteiger partial charge in [0.15, 0.2) is 0 Å². The summed E-state index contributed by atoms with van der Waals surface area (Å²) >= 11 is 0. The molecule has 4 heteroatoms. The molecule has 0 radical (unpaired) electrons. The van der Waals surface area contributed by atoms with E-state index in [1.165, 1.54) is 0 Å². The van der Waals surface area contributed by atoms with Gasteiger partial charge in [-0.05, 0) is 18.1 Å². The van der Waals surface area contributed by atoms with Gasteiger partial charge in [0.05, 0.1) is 6.04 Å². The molecular formula is C14H17N3O. The van der Waals surface area contributed by atoms with Gasteiger partial charge in [0.25, 0.3) is 0 Å². The van der Waals surface area contributed by atoms with Crippen LogP contribution in [-0.2, 0) is 4.79 Å². The van der Waals surface area contributed by atoms with E-state index in [-0.39, 0.29) is 11.8 Å². The molecule has 1 aromatic carbocycles. The first-order valence-electron chi connectivity index (χ1n) is 5.99. The average Bonchev–Trinajstić information content (AvgIpc) is 2.38. The molecule has 2 aromatic rings. The van der Waals surface area contributed by atoms with E-state index in [9.17, 15) is 4.79 Å². The van der Waals surface area contributed by atoms with E-state index in [0.29, 0.717) is 0 Å². The highest BCUT2D eigenvalue weighted by atomic mass is 16.2. The molecule has 0 fully saturated rings. The van der Waals surface area contributed by atoms with E-state index >= 15 is 0 Å². The van der Waals surface area contributed by atoms with Crippen molar-refractivity contribution in [3.63, 3.8) is 0 Å². The van der Waals surface area contributed by atoms with Crippen LogP contribution in [0.15, 0.2) is 36.7 Å². The second kappa shape index (κ2) is 5.14. The number of amides is 1. The Morgan fingerprint density at radius 1 is 1.33 bits per heavy atom. The van der Waals surface area contributed by atoms with Crippen molar-refractivity contribution in [1.29, 1.82) is 0 Å². The van der Waals surface area contributed by atoms with Crippen LogP contribution in [0.2, 0.25) is 0 Å². The molecule has 1 unspecified atom stereocenters. The first-order chi connectivity index (χ1) is 8.59. The summed E-state index contributed by atoms with van der Waals surface area (Å²) in [7, 11) is 0. The molecule has 2 rings (SSSR count). The first-order valence-corrected chi connectivity index (χ1v) is 5.99. The van der Waals surface area contributed by atoms with Crippen molar-refractivity contribution in [2.75, 3.05) is 5.32 Å². The van der Waals surface area contributed by atoms with Gasteiger partial charge in [0, 0.05) is 28.9 Å². The number of benzene rings is 1. The molecule has 0 bridgehead atoms.